The molecule has 2 aliphatic rings. The second kappa shape index (κ2) is 14.0. The summed E-state index contributed by atoms with van der Waals surface area (Å²) in [7, 11) is 0. The van der Waals surface area contributed by atoms with E-state index in [0.717, 1.165) is 55.7 Å². The van der Waals surface area contributed by atoms with Gasteiger partial charge < -0.3 is 9.47 Å². The third-order valence-electron chi connectivity index (χ3n) is 12.3. The number of aromatic nitrogens is 2. The molecule has 0 atom stereocenters. The Balaban J connectivity index is 0.982. The zero-order chi connectivity index (χ0) is 40.3. The topological polar surface area (TPSA) is 44.2 Å². The minimum atomic E-state index is -0.536. The van der Waals surface area contributed by atoms with Gasteiger partial charge in [-0.15, -0.1) is 0 Å². The summed E-state index contributed by atoms with van der Waals surface area (Å²) in [5.74, 6) is 3.34. The van der Waals surface area contributed by atoms with Crippen LogP contribution in [0.15, 0.2) is 218 Å². The van der Waals surface area contributed by atoms with E-state index >= 15 is 0 Å². The number of benzene rings is 9. The third-order valence-corrected chi connectivity index (χ3v) is 12.3. The predicted octanol–water partition coefficient (Wildman–Crippen LogP) is 14.6. The fourth-order valence-electron chi connectivity index (χ4n) is 9.56. The van der Waals surface area contributed by atoms with Crippen LogP contribution in [0.2, 0.25) is 0 Å². The van der Waals surface area contributed by atoms with Crippen LogP contribution in [0, 0.1) is 0 Å². The maximum absolute atomic E-state index is 6.96. The number of ether oxygens (including phenoxy) is 2. The molecule has 286 valence electrons. The van der Waals surface area contributed by atoms with Crippen LogP contribution >= 0.6 is 0 Å². The molecule has 0 saturated carbocycles. The molecular formula is C57H36N2O2. The molecule has 0 radical (unpaired) electrons. The smallest absolute Gasteiger partial charge is 0.178 e. The Morgan fingerprint density at radius 3 is 1.61 bits per heavy atom. The zero-order valence-corrected chi connectivity index (χ0v) is 33.0. The van der Waals surface area contributed by atoms with Crippen LogP contribution in [0.1, 0.15) is 22.3 Å². The van der Waals surface area contributed by atoms with Crippen LogP contribution in [-0.2, 0) is 5.41 Å². The van der Waals surface area contributed by atoms with Crippen molar-refractivity contribution < 1.29 is 9.47 Å². The molecule has 0 amide bonds. The van der Waals surface area contributed by atoms with Crippen molar-refractivity contribution in [2.24, 2.45) is 0 Å². The summed E-state index contributed by atoms with van der Waals surface area (Å²) in [5.41, 5.74) is 13.3. The summed E-state index contributed by atoms with van der Waals surface area (Å²) in [6.45, 7) is 0. The zero-order valence-electron chi connectivity index (χ0n) is 33.0. The van der Waals surface area contributed by atoms with E-state index < -0.39 is 5.41 Å². The predicted molar refractivity (Wildman–Crippen MR) is 245 cm³/mol. The summed E-state index contributed by atoms with van der Waals surface area (Å²) in [5, 5.41) is 2.25. The van der Waals surface area contributed by atoms with Gasteiger partial charge in [0.2, 0.25) is 0 Å². The highest BCUT2D eigenvalue weighted by Crippen LogP contribution is 2.62. The number of hydrogen-bond donors (Lipinski definition) is 0. The molecule has 1 aliphatic carbocycles. The molecule has 4 heteroatoms. The molecular weight excluding hydrogens is 745 g/mol. The first-order valence-corrected chi connectivity index (χ1v) is 20.6. The molecule has 10 aromatic rings. The van der Waals surface area contributed by atoms with Gasteiger partial charge in [0.1, 0.15) is 0 Å². The summed E-state index contributed by atoms with van der Waals surface area (Å²) in [6, 6.07) is 76.4. The van der Waals surface area contributed by atoms with Crippen LogP contribution in [0.5, 0.6) is 23.0 Å². The van der Waals surface area contributed by atoms with E-state index in [1.54, 1.807) is 0 Å². The van der Waals surface area contributed by atoms with Crippen molar-refractivity contribution in [1.29, 1.82) is 0 Å². The summed E-state index contributed by atoms with van der Waals surface area (Å²) < 4.78 is 13.8. The molecule has 0 saturated heterocycles. The number of hydrogen-bond acceptors (Lipinski definition) is 4. The Hall–Kier alpha value is -8.08. The van der Waals surface area contributed by atoms with Gasteiger partial charge >= 0.3 is 0 Å². The second-order valence-corrected chi connectivity index (χ2v) is 15.6. The van der Waals surface area contributed by atoms with Gasteiger partial charge in [-0.25, -0.2) is 9.97 Å². The van der Waals surface area contributed by atoms with E-state index in [0.29, 0.717) is 23.1 Å². The van der Waals surface area contributed by atoms with Gasteiger partial charge in [0.15, 0.2) is 28.8 Å². The normalized spacial score (nSPS) is 13.0. The van der Waals surface area contributed by atoms with Crippen LogP contribution in [0.3, 0.4) is 0 Å². The molecule has 4 nitrogen and oxygen atoms in total. The minimum Gasteiger partial charge on any atom is -0.449 e. The van der Waals surface area contributed by atoms with E-state index in [4.69, 9.17) is 19.4 Å². The molecule has 0 bridgehead atoms. The summed E-state index contributed by atoms with van der Waals surface area (Å²) >= 11 is 0. The van der Waals surface area contributed by atoms with Crippen LogP contribution in [0.25, 0.3) is 66.9 Å². The Labute approximate surface area is 354 Å². The minimum absolute atomic E-state index is 0.536. The first kappa shape index (κ1) is 34.9. The van der Waals surface area contributed by atoms with Gasteiger partial charge in [-0.3, -0.25) is 0 Å². The third kappa shape index (κ3) is 5.53. The summed E-state index contributed by atoms with van der Waals surface area (Å²) in [6.07, 6.45) is 0. The molecule has 61 heavy (non-hydrogen) atoms. The lowest BCUT2D eigenvalue weighted by Gasteiger charge is -2.34. The first-order valence-electron chi connectivity index (χ1n) is 20.6. The number of nitrogens with zero attached hydrogens (tertiary/aromatic N) is 2. The number of fused-ring (bicyclic) bond motifs is 7. The Bertz CT molecular complexity index is 3250. The van der Waals surface area contributed by atoms with Gasteiger partial charge in [-0.1, -0.05) is 182 Å². The molecule has 9 aromatic carbocycles. The average molecular weight is 781 g/mol. The van der Waals surface area contributed by atoms with Crippen molar-refractivity contribution in [3.8, 4) is 79.2 Å². The van der Waals surface area contributed by atoms with E-state index in [1.807, 2.05) is 36.4 Å². The van der Waals surface area contributed by atoms with E-state index in [2.05, 4.69) is 182 Å². The van der Waals surface area contributed by atoms with Gasteiger partial charge in [0, 0.05) is 22.3 Å². The molecule has 1 aliphatic heterocycles. The van der Waals surface area contributed by atoms with Crippen molar-refractivity contribution in [3.05, 3.63) is 241 Å². The highest BCUT2D eigenvalue weighted by atomic mass is 16.6. The van der Waals surface area contributed by atoms with Crippen LogP contribution < -0.4 is 9.47 Å². The SMILES string of the molecule is c1ccc(-c2cc(-c3ccc4c(c3)Oc3ccc5c(c3O4)-c3ccccc3C5(c3ccccc3)c3ccccc3)nc(-c3ccc(-c4ccccc4)c4ccccc34)n2)cc1. The number of rotatable bonds is 6. The summed E-state index contributed by atoms with van der Waals surface area (Å²) in [4.78, 5) is 10.5. The lowest BCUT2D eigenvalue weighted by molar-refractivity contribution is 0.360. The van der Waals surface area contributed by atoms with E-state index in [9.17, 15) is 0 Å². The lowest BCUT2D eigenvalue weighted by Crippen LogP contribution is -2.28. The van der Waals surface area contributed by atoms with E-state index in [-0.39, 0.29) is 0 Å². The van der Waals surface area contributed by atoms with Gasteiger partial charge in [0.25, 0.3) is 0 Å². The highest BCUT2D eigenvalue weighted by Gasteiger charge is 2.48. The standard InChI is InChI=1S/C57H36N2O2/c1-5-17-37(18-6-1)42-30-31-45(44-26-14-13-25-43(42)44)56-58-49(38-19-7-2-8-20-38)36-50(59-56)39-29-33-51-53(35-39)60-52-34-32-48-54(55(52)61-51)46-27-15-16-28-47(46)57(48,40-21-9-3-10-22-40)41-23-11-4-12-24-41/h1-36H. The van der Waals surface area contributed by atoms with Crippen molar-refractivity contribution in [2.45, 2.75) is 5.41 Å². The van der Waals surface area contributed by atoms with Crippen molar-refractivity contribution in [3.63, 3.8) is 0 Å². The Morgan fingerprint density at radius 1 is 0.344 bits per heavy atom. The van der Waals surface area contributed by atoms with Gasteiger partial charge in [0.05, 0.1) is 16.8 Å². The largest absolute Gasteiger partial charge is 0.449 e. The molecule has 0 spiro atoms. The first-order chi connectivity index (χ1) is 30.2. The maximum Gasteiger partial charge on any atom is 0.178 e. The molecule has 12 rings (SSSR count). The molecule has 0 N–H and O–H groups in total. The van der Waals surface area contributed by atoms with Crippen LogP contribution in [-0.4, -0.2) is 9.97 Å². The quantitative estimate of drug-likeness (QED) is 0.169. The fourth-order valence-corrected chi connectivity index (χ4v) is 9.56. The highest BCUT2D eigenvalue weighted by molar-refractivity contribution is 6.04. The lowest BCUT2D eigenvalue weighted by atomic mass is 9.68. The van der Waals surface area contributed by atoms with Crippen LogP contribution in [0.4, 0.5) is 0 Å². The van der Waals surface area contributed by atoms with E-state index in [1.165, 1.54) is 33.4 Å². The van der Waals surface area contributed by atoms with Gasteiger partial charge in [-0.05, 0) is 86.1 Å². The maximum atomic E-state index is 6.96. The van der Waals surface area contributed by atoms with Gasteiger partial charge in [-0.2, -0.15) is 0 Å². The molecule has 1 aromatic heterocycles. The fraction of sp³-hybridized carbons (Fsp3) is 0.0175. The Morgan fingerprint density at radius 2 is 0.902 bits per heavy atom. The van der Waals surface area contributed by atoms with Crippen molar-refractivity contribution >= 4 is 10.8 Å². The molecule has 0 unspecified atom stereocenters. The monoisotopic (exact) mass is 780 g/mol. The molecule has 0 fully saturated rings. The second-order valence-electron chi connectivity index (χ2n) is 15.6. The molecule has 2 heterocycles. The van der Waals surface area contributed by atoms with Crippen molar-refractivity contribution in [1.82, 2.24) is 9.97 Å². The Kier molecular flexibility index (Phi) is 8.04. The average Bonchev–Trinajstić information content (AvgIpc) is 3.65. The van der Waals surface area contributed by atoms with Crippen molar-refractivity contribution in [2.75, 3.05) is 0 Å².